The zero-order valence-corrected chi connectivity index (χ0v) is 14.1. The molecule has 1 aromatic heterocycles. The van der Waals surface area contributed by atoms with Crippen LogP contribution in [0.4, 0.5) is 5.82 Å². The van der Waals surface area contributed by atoms with Gasteiger partial charge in [0.1, 0.15) is 5.82 Å². The van der Waals surface area contributed by atoms with Crippen molar-refractivity contribution in [2.24, 2.45) is 0 Å². The third kappa shape index (κ3) is 3.61. The first-order chi connectivity index (χ1) is 8.91. The van der Waals surface area contributed by atoms with Gasteiger partial charge < -0.3 is 4.90 Å². The maximum absolute atomic E-state index is 6.03. The molecule has 0 amide bonds. The molecule has 0 N–H and O–H groups in total. The molecule has 0 aliphatic carbocycles. The monoisotopic (exact) mass is 345 g/mol. The average molecular weight is 347 g/mol. The minimum absolute atomic E-state index is 0.245. The lowest BCUT2D eigenvalue weighted by Crippen LogP contribution is -2.53. The van der Waals surface area contributed by atoms with Crippen molar-refractivity contribution in [3.8, 4) is 0 Å². The summed E-state index contributed by atoms with van der Waals surface area (Å²) in [6, 6.07) is 2.06. The van der Waals surface area contributed by atoms with Gasteiger partial charge in [0.05, 0.1) is 5.88 Å². The Kier molecular flexibility index (Phi) is 4.75. The zero-order valence-electron chi connectivity index (χ0n) is 11.8. The molecule has 0 unspecified atom stereocenters. The van der Waals surface area contributed by atoms with Gasteiger partial charge in [-0.15, -0.1) is 11.6 Å². The number of anilines is 1. The highest BCUT2D eigenvalue weighted by molar-refractivity contribution is 9.10. The summed E-state index contributed by atoms with van der Waals surface area (Å²) >= 11 is 9.48. The summed E-state index contributed by atoms with van der Waals surface area (Å²) in [6.45, 7) is 11.0. The number of rotatable bonds is 2. The topological polar surface area (TPSA) is 19.4 Å². The number of hydrogen-bond acceptors (Lipinski definition) is 3. The van der Waals surface area contributed by atoms with Crippen LogP contribution in [0.5, 0.6) is 0 Å². The van der Waals surface area contributed by atoms with Crippen molar-refractivity contribution >= 4 is 33.3 Å². The molecule has 1 saturated heterocycles. The molecule has 0 saturated carbocycles. The number of halogens is 2. The van der Waals surface area contributed by atoms with Crippen LogP contribution >= 0.6 is 27.5 Å². The Morgan fingerprint density at radius 2 is 1.89 bits per heavy atom. The third-order valence-corrected chi connectivity index (χ3v) is 4.30. The van der Waals surface area contributed by atoms with Crippen molar-refractivity contribution in [2.45, 2.75) is 32.2 Å². The van der Waals surface area contributed by atoms with Gasteiger partial charge in [-0.05, 0) is 42.8 Å². The molecule has 1 aromatic rings. The average Bonchev–Trinajstić information content (AvgIpc) is 2.37. The first-order valence-electron chi connectivity index (χ1n) is 6.62. The van der Waals surface area contributed by atoms with Gasteiger partial charge in [0.2, 0.25) is 0 Å². The Balaban J connectivity index is 2.10. The number of aromatic nitrogens is 1. The SMILES string of the molecule is CC(C)(C)N1CCN(c2ncc(Br)cc2CCl)CC1. The van der Waals surface area contributed by atoms with E-state index in [1.807, 2.05) is 6.20 Å². The number of pyridine rings is 1. The Bertz CT molecular complexity index is 437. The Labute approximate surface area is 129 Å². The van der Waals surface area contributed by atoms with Crippen LogP contribution in [0.15, 0.2) is 16.7 Å². The van der Waals surface area contributed by atoms with Gasteiger partial charge in [-0.1, -0.05) is 0 Å². The van der Waals surface area contributed by atoms with E-state index in [9.17, 15) is 0 Å². The Morgan fingerprint density at radius 3 is 2.42 bits per heavy atom. The summed E-state index contributed by atoms with van der Waals surface area (Å²) in [5.74, 6) is 1.54. The smallest absolute Gasteiger partial charge is 0.133 e. The van der Waals surface area contributed by atoms with E-state index in [4.69, 9.17) is 11.6 Å². The van der Waals surface area contributed by atoms with Crippen LogP contribution in [0.2, 0.25) is 0 Å². The summed E-state index contributed by atoms with van der Waals surface area (Å²) in [6.07, 6.45) is 1.85. The molecule has 0 aromatic carbocycles. The van der Waals surface area contributed by atoms with Crippen molar-refractivity contribution in [1.82, 2.24) is 9.88 Å². The van der Waals surface area contributed by atoms with Crippen LogP contribution in [0.3, 0.4) is 0 Å². The van der Waals surface area contributed by atoms with Gasteiger partial charge >= 0.3 is 0 Å². The van der Waals surface area contributed by atoms with E-state index >= 15 is 0 Å². The van der Waals surface area contributed by atoms with E-state index < -0.39 is 0 Å². The number of piperazine rings is 1. The Morgan fingerprint density at radius 1 is 1.26 bits per heavy atom. The summed E-state index contributed by atoms with van der Waals surface area (Å²) in [4.78, 5) is 9.39. The molecule has 3 nitrogen and oxygen atoms in total. The van der Waals surface area contributed by atoms with Crippen LogP contribution < -0.4 is 4.90 Å². The van der Waals surface area contributed by atoms with E-state index in [-0.39, 0.29) is 5.54 Å². The normalized spacial score (nSPS) is 17.8. The second-order valence-electron chi connectivity index (χ2n) is 5.91. The second kappa shape index (κ2) is 5.98. The van der Waals surface area contributed by atoms with Crippen LogP contribution in [0, 0.1) is 0 Å². The Hall–Kier alpha value is -0.320. The maximum atomic E-state index is 6.03. The predicted molar refractivity (Wildman–Crippen MR) is 85.0 cm³/mol. The molecule has 0 atom stereocenters. The molecular formula is C14H21BrClN3. The highest BCUT2D eigenvalue weighted by Gasteiger charge is 2.27. The van der Waals surface area contributed by atoms with Crippen LogP contribution in [0.25, 0.3) is 0 Å². The fourth-order valence-electron chi connectivity index (χ4n) is 2.45. The lowest BCUT2D eigenvalue weighted by atomic mass is 10.0. The minimum Gasteiger partial charge on any atom is -0.354 e. The van der Waals surface area contributed by atoms with Crippen molar-refractivity contribution in [1.29, 1.82) is 0 Å². The van der Waals surface area contributed by atoms with Gasteiger partial charge in [0.25, 0.3) is 0 Å². The summed E-state index contributed by atoms with van der Waals surface area (Å²) in [7, 11) is 0. The largest absolute Gasteiger partial charge is 0.354 e. The van der Waals surface area contributed by atoms with Crippen LogP contribution in [-0.2, 0) is 5.88 Å². The molecule has 0 radical (unpaired) electrons. The molecule has 0 bridgehead atoms. The van der Waals surface area contributed by atoms with Gasteiger partial charge in [-0.2, -0.15) is 0 Å². The van der Waals surface area contributed by atoms with E-state index in [2.05, 4.69) is 57.6 Å². The number of hydrogen-bond donors (Lipinski definition) is 0. The van der Waals surface area contributed by atoms with Gasteiger partial charge in [-0.3, -0.25) is 4.90 Å². The number of nitrogens with zero attached hydrogens (tertiary/aromatic N) is 3. The fraction of sp³-hybridized carbons (Fsp3) is 0.643. The fourth-order valence-corrected chi connectivity index (χ4v) is 3.02. The standard InChI is InChI=1S/C14H21BrClN3/c1-14(2,3)19-6-4-18(5-7-19)13-11(9-16)8-12(15)10-17-13/h8,10H,4-7,9H2,1-3H3. The lowest BCUT2D eigenvalue weighted by Gasteiger charge is -2.43. The quantitative estimate of drug-likeness (QED) is 0.764. The van der Waals surface area contributed by atoms with Gasteiger partial charge in [0.15, 0.2) is 0 Å². The van der Waals surface area contributed by atoms with Crippen molar-refractivity contribution in [2.75, 3.05) is 31.1 Å². The molecule has 1 aliphatic rings. The minimum atomic E-state index is 0.245. The molecule has 0 spiro atoms. The van der Waals surface area contributed by atoms with Crippen molar-refractivity contribution < 1.29 is 0 Å². The van der Waals surface area contributed by atoms with Gasteiger partial charge in [0, 0.05) is 48.0 Å². The number of alkyl halides is 1. The lowest BCUT2D eigenvalue weighted by molar-refractivity contribution is 0.128. The first-order valence-corrected chi connectivity index (χ1v) is 7.95. The zero-order chi connectivity index (χ0) is 14.0. The van der Waals surface area contributed by atoms with Crippen LogP contribution in [-0.4, -0.2) is 41.6 Å². The third-order valence-electron chi connectivity index (χ3n) is 3.58. The molecule has 2 heterocycles. The molecular weight excluding hydrogens is 326 g/mol. The summed E-state index contributed by atoms with van der Waals surface area (Å²) in [5, 5.41) is 0. The van der Waals surface area contributed by atoms with Crippen molar-refractivity contribution in [3.05, 3.63) is 22.3 Å². The summed E-state index contributed by atoms with van der Waals surface area (Å²) < 4.78 is 0.986. The van der Waals surface area contributed by atoms with E-state index in [1.165, 1.54) is 0 Å². The van der Waals surface area contributed by atoms with Crippen LogP contribution in [0.1, 0.15) is 26.3 Å². The van der Waals surface area contributed by atoms with E-state index in [1.54, 1.807) is 0 Å². The van der Waals surface area contributed by atoms with Gasteiger partial charge in [-0.25, -0.2) is 4.98 Å². The predicted octanol–water partition coefficient (Wildman–Crippen LogP) is 3.50. The molecule has 5 heteroatoms. The molecule has 1 fully saturated rings. The van der Waals surface area contributed by atoms with Crippen molar-refractivity contribution in [3.63, 3.8) is 0 Å². The highest BCUT2D eigenvalue weighted by atomic mass is 79.9. The van der Waals surface area contributed by atoms with E-state index in [0.29, 0.717) is 5.88 Å². The molecule has 19 heavy (non-hydrogen) atoms. The highest BCUT2D eigenvalue weighted by Crippen LogP contribution is 2.25. The first kappa shape index (κ1) is 15.1. The molecule has 1 aliphatic heterocycles. The second-order valence-corrected chi connectivity index (χ2v) is 7.10. The maximum Gasteiger partial charge on any atom is 0.133 e. The van der Waals surface area contributed by atoms with E-state index in [0.717, 1.165) is 42.0 Å². The molecule has 106 valence electrons. The molecule has 2 rings (SSSR count). The summed E-state index contributed by atoms with van der Waals surface area (Å²) in [5.41, 5.74) is 1.34.